The highest BCUT2D eigenvalue weighted by Gasteiger charge is 2.15. The SMILES string of the molecule is O=C(NCc1ccc2c(c1)OCO2)c1cnc(NC2CCCCC2)nc1. The van der Waals surface area contributed by atoms with E-state index in [1.165, 1.54) is 19.3 Å². The van der Waals surface area contributed by atoms with E-state index in [9.17, 15) is 4.79 Å². The highest BCUT2D eigenvalue weighted by molar-refractivity contribution is 5.93. The van der Waals surface area contributed by atoms with Gasteiger partial charge in [0.15, 0.2) is 11.5 Å². The Kier molecular flexibility index (Phi) is 4.86. The molecule has 7 nitrogen and oxygen atoms in total. The fraction of sp³-hybridized carbons (Fsp3) is 0.421. The van der Waals surface area contributed by atoms with E-state index in [0.29, 0.717) is 29.8 Å². The van der Waals surface area contributed by atoms with Crippen molar-refractivity contribution in [1.82, 2.24) is 15.3 Å². The molecule has 136 valence electrons. The van der Waals surface area contributed by atoms with Crippen molar-refractivity contribution in [1.29, 1.82) is 0 Å². The third kappa shape index (κ3) is 3.87. The molecule has 2 N–H and O–H groups in total. The molecule has 2 aliphatic rings. The Hall–Kier alpha value is -2.83. The van der Waals surface area contributed by atoms with Gasteiger partial charge in [-0.25, -0.2) is 9.97 Å². The molecule has 1 saturated carbocycles. The van der Waals surface area contributed by atoms with Crippen molar-refractivity contribution in [2.75, 3.05) is 12.1 Å². The zero-order valence-corrected chi connectivity index (χ0v) is 14.5. The van der Waals surface area contributed by atoms with Crippen LogP contribution < -0.4 is 20.1 Å². The molecule has 0 radical (unpaired) electrons. The number of rotatable bonds is 5. The first kappa shape index (κ1) is 16.6. The molecule has 0 unspecified atom stereocenters. The van der Waals surface area contributed by atoms with Crippen LogP contribution in [0, 0.1) is 0 Å². The van der Waals surface area contributed by atoms with Gasteiger partial charge in [0.25, 0.3) is 5.91 Å². The van der Waals surface area contributed by atoms with Gasteiger partial charge >= 0.3 is 0 Å². The fourth-order valence-electron chi connectivity index (χ4n) is 3.28. The van der Waals surface area contributed by atoms with Crippen LogP contribution in [0.15, 0.2) is 30.6 Å². The number of nitrogens with zero attached hydrogens (tertiary/aromatic N) is 2. The van der Waals surface area contributed by atoms with Crippen LogP contribution in [-0.4, -0.2) is 28.7 Å². The van der Waals surface area contributed by atoms with Gasteiger partial charge in [-0.15, -0.1) is 0 Å². The van der Waals surface area contributed by atoms with Gasteiger partial charge in [0.1, 0.15) is 0 Å². The molecule has 1 aliphatic carbocycles. The molecule has 26 heavy (non-hydrogen) atoms. The molecule has 7 heteroatoms. The minimum Gasteiger partial charge on any atom is -0.454 e. The summed E-state index contributed by atoms with van der Waals surface area (Å²) in [5.74, 6) is 1.82. The number of carbonyl (C=O) groups excluding carboxylic acids is 1. The molecule has 4 rings (SSSR count). The van der Waals surface area contributed by atoms with Crippen molar-refractivity contribution in [3.05, 3.63) is 41.7 Å². The van der Waals surface area contributed by atoms with Crippen LogP contribution in [0.25, 0.3) is 0 Å². The van der Waals surface area contributed by atoms with Gasteiger partial charge in [-0.05, 0) is 30.5 Å². The van der Waals surface area contributed by atoms with E-state index in [0.717, 1.165) is 24.2 Å². The van der Waals surface area contributed by atoms with Crippen molar-refractivity contribution < 1.29 is 14.3 Å². The molecule has 1 aromatic carbocycles. The molecule has 2 heterocycles. The Balaban J connectivity index is 1.31. The summed E-state index contributed by atoms with van der Waals surface area (Å²) >= 11 is 0. The highest BCUT2D eigenvalue weighted by Crippen LogP contribution is 2.32. The number of hydrogen-bond acceptors (Lipinski definition) is 6. The van der Waals surface area contributed by atoms with Crippen LogP contribution >= 0.6 is 0 Å². The number of anilines is 1. The van der Waals surface area contributed by atoms with Crippen molar-refractivity contribution in [3.8, 4) is 11.5 Å². The lowest BCUT2D eigenvalue weighted by molar-refractivity contribution is 0.0950. The third-order valence-corrected chi connectivity index (χ3v) is 4.74. The summed E-state index contributed by atoms with van der Waals surface area (Å²) in [7, 11) is 0. The van der Waals surface area contributed by atoms with Crippen molar-refractivity contribution in [3.63, 3.8) is 0 Å². The molecular weight excluding hydrogens is 332 g/mol. The molecule has 0 spiro atoms. The predicted molar refractivity (Wildman–Crippen MR) is 96.3 cm³/mol. The van der Waals surface area contributed by atoms with Gasteiger partial charge in [0.2, 0.25) is 12.7 Å². The van der Waals surface area contributed by atoms with E-state index in [1.54, 1.807) is 12.4 Å². The third-order valence-electron chi connectivity index (χ3n) is 4.74. The minimum absolute atomic E-state index is 0.202. The second kappa shape index (κ2) is 7.59. The summed E-state index contributed by atoms with van der Waals surface area (Å²) in [4.78, 5) is 20.8. The van der Waals surface area contributed by atoms with Crippen molar-refractivity contribution in [2.24, 2.45) is 0 Å². The Bertz CT molecular complexity index is 773. The lowest BCUT2D eigenvalue weighted by Gasteiger charge is -2.22. The van der Waals surface area contributed by atoms with Crippen LogP contribution in [0.3, 0.4) is 0 Å². The maximum Gasteiger partial charge on any atom is 0.254 e. The van der Waals surface area contributed by atoms with E-state index in [1.807, 2.05) is 18.2 Å². The van der Waals surface area contributed by atoms with Crippen LogP contribution in [0.5, 0.6) is 11.5 Å². The summed E-state index contributed by atoms with van der Waals surface area (Å²) in [5, 5.41) is 6.22. The molecule has 0 atom stereocenters. The van der Waals surface area contributed by atoms with E-state index < -0.39 is 0 Å². The minimum atomic E-state index is -0.202. The first-order valence-electron chi connectivity index (χ1n) is 9.03. The quantitative estimate of drug-likeness (QED) is 0.859. The zero-order chi connectivity index (χ0) is 17.8. The Morgan fingerprint density at radius 3 is 2.65 bits per heavy atom. The lowest BCUT2D eigenvalue weighted by atomic mass is 9.96. The zero-order valence-electron chi connectivity index (χ0n) is 14.5. The molecule has 1 aliphatic heterocycles. The van der Waals surface area contributed by atoms with Gasteiger partial charge in [-0.3, -0.25) is 4.79 Å². The number of amides is 1. The summed E-state index contributed by atoms with van der Waals surface area (Å²) in [5.41, 5.74) is 1.39. The molecular formula is C19H22N4O3. The van der Waals surface area contributed by atoms with E-state index in [2.05, 4.69) is 20.6 Å². The fourth-order valence-corrected chi connectivity index (χ4v) is 3.28. The number of benzene rings is 1. The maximum absolute atomic E-state index is 12.3. The first-order chi connectivity index (χ1) is 12.8. The number of aromatic nitrogens is 2. The van der Waals surface area contributed by atoms with Gasteiger partial charge < -0.3 is 20.1 Å². The number of ether oxygens (including phenoxy) is 2. The monoisotopic (exact) mass is 354 g/mol. The molecule has 0 saturated heterocycles. The van der Waals surface area contributed by atoms with Gasteiger partial charge in [-0.2, -0.15) is 0 Å². The number of hydrogen-bond donors (Lipinski definition) is 2. The number of carbonyl (C=O) groups is 1. The van der Waals surface area contributed by atoms with E-state index >= 15 is 0 Å². The number of fused-ring (bicyclic) bond motifs is 1. The van der Waals surface area contributed by atoms with Crippen LogP contribution in [0.2, 0.25) is 0 Å². The highest BCUT2D eigenvalue weighted by atomic mass is 16.7. The van der Waals surface area contributed by atoms with Crippen LogP contribution in [-0.2, 0) is 6.54 Å². The van der Waals surface area contributed by atoms with E-state index in [-0.39, 0.29) is 12.7 Å². The largest absolute Gasteiger partial charge is 0.454 e. The second-order valence-corrected chi connectivity index (χ2v) is 6.64. The summed E-state index contributed by atoms with van der Waals surface area (Å²) < 4.78 is 10.6. The Morgan fingerprint density at radius 1 is 1.08 bits per heavy atom. The van der Waals surface area contributed by atoms with Crippen molar-refractivity contribution in [2.45, 2.75) is 44.7 Å². The Morgan fingerprint density at radius 2 is 1.85 bits per heavy atom. The molecule has 1 amide bonds. The maximum atomic E-state index is 12.3. The molecule has 2 aromatic rings. The average molecular weight is 354 g/mol. The van der Waals surface area contributed by atoms with Gasteiger partial charge in [-0.1, -0.05) is 25.3 Å². The molecule has 1 aromatic heterocycles. The predicted octanol–water partition coefficient (Wildman–Crippen LogP) is 2.88. The summed E-state index contributed by atoms with van der Waals surface area (Å²) in [6.07, 6.45) is 9.24. The van der Waals surface area contributed by atoms with Gasteiger partial charge in [0.05, 0.1) is 5.56 Å². The topological polar surface area (TPSA) is 85.4 Å². The van der Waals surface area contributed by atoms with Crippen LogP contribution in [0.1, 0.15) is 48.0 Å². The first-order valence-corrected chi connectivity index (χ1v) is 9.03. The lowest BCUT2D eigenvalue weighted by Crippen LogP contribution is -2.25. The van der Waals surface area contributed by atoms with Crippen molar-refractivity contribution >= 4 is 11.9 Å². The van der Waals surface area contributed by atoms with Crippen LogP contribution in [0.4, 0.5) is 5.95 Å². The van der Waals surface area contributed by atoms with Gasteiger partial charge in [0, 0.05) is 25.0 Å². The van der Waals surface area contributed by atoms with E-state index in [4.69, 9.17) is 9.47 Å². The normalized spacial score (nSPS) is 16.3. The molecule has 0 bridgehead atoms. The summed E-state index contributed by atoms with van der Waals surface area (Å²) in [6, 6.07) is 6.06. The number of nitrogens with one attached hydrogen (secondary N) is 2. The smallest absolute Gasteiger partial charge is 0.254 e. The Labute approximate surface area is 152 Å². The molecule has 1 fully saturated rings. The summed E-state index contributed by atoms with van der Waals surface area (Å²) in [6.45, 7) is 0.640. The standard InChI is InChI=1S/C19H22N4O3/c24-18(20-9-13-6-7-16-17(8-13)26-12-25-16)14-10-21-19(22-11-14)23-15-4-2-1-3-5-15/h6-8,10-11,15H,1-5,9,12H2,(H,20,24)(H,21,22,23). The second-order valence-electron chi connectivity index (χ2n) is 6.64. The average Bonchev–Trinajstić information content (AvgIpc) is 3.15.